The molecule has 1 heterocycles. The molecule has 2 aliphatic carbocycles. The summed E-state index contributed by atoms with van der Waals surface area (Å²) in [6.45, 7) is 15.4. The Morgan fingerprint density at radius 3 is 2.27 bits per heavy atom. The van der Waals surface area contributed by atoms with Crippen LogP contribution in [0.15, 0.2) is 30.9 Å². The maximum atomic E-state index is 14.3. The van der Waals surface area contributed by atoms with Gasteiger partial charge < -0.3 is 25.0 Å². The zero-order valence-corrected chi connectivity index (χ0v) is 30.4. The van der Waals surface area contributed by atoms with Crippen molar-refractivity contribution >= 4 is 57.2 Å². The van der Waals surface area contributed by atoms with Crippen LogP contribution in [-0.2, 0) is 33.9 Å². The molecule has 1 aromatic rings. The zero-order chi connectivity index (χ0) is 36.7. The lowest BCUT2D eigenvalue weighted by atomic mass is 9.85. The second-order valence-electron chi connectivity index (χ2n) is 15.0. The zero-order valence-electron chi connectivity index (χ0n) is 28.8. The van der Waals surface area contributed by atoms with Crippen molar-refractivity contribution in [1.82, 2.24) is 20.3 Å². The van der Waals surface area contributed by atoms with Gasteiger partial charge in [-0.1, -0.05) is 50.6 Å². The molecule has 1 aromatic carbocycles. The topological polar surface area (TPSA) is 189 Å². The van der Waals surface area contributed by atoms with E-state index in [-0.39, 0.29) is 24.4 Å². The molecule has 2 saturated carbocycles. The van der Waals surface area contributed by atoms with Crippen molar-refractivity contribution < 1.29 is 41.9 Å². The number of amides is 5. The third-order valence-electron chi connectivity index (χ3n) is 8.59. The van der Waals surface area contributed by atoms with E-state index in [4.69, 9.17) is 21.1 Å². The van der Waals surface area contributed by atoms with Crippen molar-refractivity contribution in [2.45, 2.75) is 109 Å². The Bertz CT molecular complexity index is 1610. The molecule has 1 saturated heterocycles. The first-order valence-corrected chi connectivity index (χ1v) is 18.0. The van der Waals surface area contributed by atoms with Crippen molar-refractivity contribution in [2.75, 3.05) is 11.9 Å². The summed E-state index contributed by atoms with van der Waals surface area (Å²) in [7, 11) is -3.92. The Kier molecular flexibility index (Phi) is 10.7. The number of nitrogens with zero attached hydrogens (tertiary/aromatic N) is 1. The first-order valence-electron chi connectivity index (χ1n) is 16.1. The maximum Gasteiger partial charge on any atom is 0.412 e. The summed E-state index contributed by atoms with van der Waals surface area (Å²) in [6, 6.07) is 2.62. The first kappa shape index (κ1) is 38.0. The Morgan fingerprint density at radius 1 is 1.08 bits per heavy atom. The van der Waals surface area contributed by atoms with Crippen molar-refractivity contribution in [1.29, 1.82) is 0 Å². The van der Waals surface area contributed by atoms with E-state index in [2.05, 4.69) is 27.3 Å². The normalized spacial score (nSPS) is 24.2. The number of anilines is 1. The standard InChI is InChI=1S/C33H46ClN5O9S/c1-9-19-16-33(19,28(42)38-49(45,46)21-13-14-21)37-26(40)23-15-20(47-29(43)35-24-18(2)11-10-12-22(24)34)17-39(23)27(41)25(31(3,4)5)36-30(44)48-32(6,7)8/h9-12,19-21,23,25H,1,13-17H2,2-8H3,(H,35,43)(H,36,44)(H,37,40)(H,38,42). The van der Waals surface area contributed by atoms with E-state index in [0.717, 1.165) is 0 Å². The molecule has 3 fully saturated rings. The SMILES string of the molecule is C=CC1CC1(NC(=O)C1CC(OC(=O)Nc2c(C)cccc2Cl)CN1C(=O)C(NC(=O)OC(C)(C)C)C(C)(C)C)C(=O)NS(=O)(=O)C1CC1. The fourth-order valence-corrected chi connectivity index (χ4v) is 7.34. The molecule has 0 aromatic heterocycles. The molecule has 49 heavy (non-hydrogen) atoms. The second-order valence-corrected chi connectivity index (χ2v) is 17.3. The van der Waals surface area contributed by atoms with Crippen molar-refractivity contribution in [3.8, 4) is 0 Å². The number of carbonyl (C=O) groups excluding carboxylic acids is 5. The molecule has 14 nitrogen and oxygen atoms in total. The molecule has 3 aliphatic rings. The Balaban J connectivity index is 1.60. The van der Waals surface area contributed by atoms with Crippen LogP contribution in [0, 0.1) is 18.3 Å². The highest BCUT2D eigenvalue weighted by molar-refractivity contribution is 7.91. The van der Waals surface area contributed by atoms with Gasteiger partial charge in [0.25, 0.3) is 5.91 Å². The van der Waals surface area contributed by atoms with Crippen LogP contribution in [0.4, 0.5) is 15.3 Å². The van der Waals surface area contributed by atoms with E-state index in [9.17, 15) is 32.4 Å². The van der Waals surface area contributed by atoms with Crippen LogP contribution in [0.25, 0.3) is 0 Å². The number of alkyl carbamates (subject to hydrolysis) is 1. The largest absolute Gasteiger partial charge is 0.444 e. The third kappa shape index (κ3) is 9.04. The summed E-state index contributed by atoms with van der Waals surface area (Å²) in [6.07, 6.45) is -0.446. The summed E-state index contributed by atoms with van der Waals surface area (Å²) >= 11 is 6.26. The molecular formula is C33H46ClN5O9S. The molecule has 16 heteroatoms. The van der Waals surface area contributed by atoms with Gasteiger partial charge in [-0.3, -0.25) is 24.4 Å². The Labute approximate surface area is 292 Å². The summed E-state index contributed by atoms with van der Waals surface area (Å²) in [5.74, 6) is -2.88. The molecule has 5 unspecified atom stereocenters. The van der Waals surface area contributed by atoms with Crippen molar-refractivity contribution in [3.63, 3.8) is 0 Å². The van der Waals surface area contributed by atoms with Gasteiger partial charge in [-0.15, -0.1) is 6.58 Å². The lowest BCUT2D eigenvalue weighted by Gasteiger charge is -2.36. The number of ether oxygens (including phenoxy) is 2. The highest BCUT2D eigenvalue weighted by atomic mass is 35.5. The van der Waals surface area contributed by atoms with E-state index >= 15 is 0 Å². The monoisotopic (exact) mass is 723 g/mol. The summed E-state index contributed by atoms with van der Waals surface area (Å²) in [4.78, 5) is 68.6. The molecule has 4 rings (SSSR count). The molecule has 4 N–H and O–H groups in total. The van der Waals surface area contributed by atoms with Gasteiger partial charge in [0, 0.05) is 12.3 Å². The van der Waals surface area contributed by atoms with Gasteiger partial charge >= 0.3 is 12.2 Å². The van der Waals surface area contributed by atoms with E-state index in [1.165, 1.54) is 11.0 Å². The number of hydrogen-bond acceptors (Lipinski definition) is 9. The number of nitrogens with one attached hydrogen (secondary N) is 4. The van der Waals surface area contributed by atoms with Crippen LogP contribution in [0.2, 0.25) is 5.02 Å². The minimum atomic E-state index is -3.92. The first-order chi connectivity index (χ1) is 22.6. The number of sulfonamides is 1. The van der Waals surface area contributed by atoms with Gasteiger partial charge in [0.1, 0.15) is 29.3 Å². The molecule has 0 bridgehead atoms. The summed E-state index contributed by atoms with van der Waals surface area (Å²) in [5, 5.41) is 7.54. The maximum absolute atomic E-state index is 14.3. The molecule has 270 valence electrons. The fourth-order valence-electron chi connectivity index (χ4n) is 5.71. The second kappa shape index (κ2) is 13.8. The molecular weight excluding hydrogens is 678 g/mol. The highest BCUT2D eigenvalue weighted by Gasteiger charge is 2.62. The van der Waals surface area contributed by atoms with Gasteiger partial charge in [-0.05, 0) is 64.0 Å². The number of halogens is 1. The number of likely N-dealkylation sites (tertiary alicyclic amines) is 1. The average Bonchev–Trinajstić information content (AvgIpc) is 3.89. The average molecular weight is 724 g/mol. The van der Waals surface area contributed by atoms with Gasteiger partial charge in [0.15, 0.2) is 0 Å². The Hall–Kier alpha value is -3.85. The van der Waals surface area contributed by atoms with E-state index in [1.807, 2.05) is 0 Å². The Morgan fingerprint density at radius 2 is 1.73 bits per heavy atom. The van der Waals surface area contributed by atoms with Crippen molar-refractivity contribution in [3.05, 3.63) is 41.4 Å². The van der Waals surface area contributed by atoms with Crippen LogP contribution in [0.5, 0.6) is 0 Å². The number of benzene rings is 1. The molecule has 5 atom stereocenters. The number of aryl methyl sites for hydroxylation is 1. The number of rotatable bonds is 10. The van der Waals surface area contributed by atoms with Gasteiger partial charge in [0.05, 0.1) is 22.5 Å². The van der Waals surface area contributed by atoms with E-state index in [1.54, 1.807) is 66.7 Å². The lowest BCUT2D eigenvalue weighted by Crippen LogP contribution is -2.60. The van der Waals surface area contributed by atoms with E-state index < -0.39 is 85.8 Å². The third-order valence-corrected chi connectivity index (χ3v) is 10.7. The van der Waals surface area contributed by atoms with Crippen LogP contribution < -0.4 is 20.7 Å². The number of para-hydroxylation sites is 1. The minimum absolute atomic E-state index is 0.0965. The van der Waals surface area contributed by atoms with Gasteiger partial charge in [-0.25, -0.2) is 18.0 Å². The number of hydrogen-bond donors (Lipinski definition) is 4. The van der Waals surface area contributed by atoms with Gasteiger partial charge in [0.2, 0.25) is 21.8 Å². The van der Waals surface area contributed by atoms with Crippen LogP contribution >= 0.6 is 11.6 Å². The van der Waals surface area contributed by atoms with E-state index in [0.29, 0.717) is 24.1 Å². The van der Waals surface area contributed by atoms with Crippen molar-refractivity contribution in [2.24, 2.45) is 11.3 Å². The van der Waals surface area contributed by atoms with Crippen LogP contribution in [-0.4, -0.2) is 84.3 Å². The minimum Gasteiger partial charge on any atom is -0.444 e. The predicted molar refractivity (Wildman–Crippen MR) is 182 cm³/mol. The van der Waals surface area contributed by atoms with Crippen LogP contribution in [0.1, 0.15) is 72.8 Å². The van der Waals surface area contributed by atoms with Gasteiger partial charge in [-0.2, -0.15) is 0 Å². The highest BCUT2D eigenvalue weighted by Crippen LogP contribution is 2.45. The van der Waals surface area contributed by atoms with Crippen LogP contribution in [0.3, 0.4) is 0 Å². The number of carbonyl (C=O) groups is 5. The quantitative estimate of drug-likeness (QED) is 0.261. The molecule has 1 aliphatic heterocycles. The lowest BCUT2D eigenvalue weighted by molar-refractivity contribution is -0.143. The fraction of sp³-hybridized carbons (Fsp3) is 0.606. The smallest absolute Gasteiger partial charge is 0.412 e. The molecule has 5 amide bonds. The summed E-state index contributed by atoms with van der Waals surface area (Å²) < 4.78 is 38.3. The molecule has 0 spiro atoms. The summed E-state index contributed by atoms with van der Waals surface area (Å²) in [5.41, 5.74) is -2.31. The predicted octanol–water partition coefficient (Wildman–Crippen LogP) is 3.78. The molecule has 0 radical (unpaired) electrons.